The number of aliphatic hydroxyl groups is 1. The molecule has 2 rings (SSSR count). The van der Waals surface area contributed by atoms with Crippen LogP contribution in [0.15, 0.2) is 6.07 Å². The fourth-order valence-corrected chi connectivity index (χ4v) is 1.94. The third-order valence-corrected chi connectivity index (χ3v) is 2.73. The van der Waals surface area contributed by atoms with Gasteiger partial charge in [-0.2, -0.15) is 0 Å². The average Bonchev–Trinajstić information content (AvgIpc) is 2.28. The lowest BCUT2D eigenvalue weighted by Crippen LogP contribution is -2.44. The molecular weight excluding hydrogens is 230 g/mol. The minimum Gasteiger partial charge on any atom is -0.390 e. The van der Waals surface area contributed by atoms with Crippen LogP contribution >= 0.6 is 11.6 Å². The Bertz CT molecular complexity index is 375. The van der Waals surface area contributed by atoms with Gasteiger partial charge in [0.25, 0.3) is 0 Å². The van der Waals surface area contributed by atoms with E-state index in [1.54, 1.807) is 6.07 Å². The molecule has 16 heavy (non-hydrogen) atoms. The van der Waals surface area contributed by atoms with Gasteiger partial charge in [0.05, 0.1) is 31.6 Å². The number of nitrogens with zero attached hydrogens (tertiary/aromatic N) is 3. The maximum absolute atomic E-state index is 9.06. The number of aromatic nitrogens is 2. The zero-order chi connectivity index (χ0) is 11.5. The minimum absolute atomic E-state index is 0.131. The summed E-state index contributed by atoms with van der Waals surface area (Å²) in [7, 11) is 0. The second-order valence-electron chi connectivity index (χ2n) is 3.76. The van der Waals surface area contributed by atoms with E-state index in [2.05, 4.69) is 21.8 Å². The van der Waals surface area contributed by atoms with E-state index in [4.69, 9.17) is 21.4 Å². The first-order valence-corrected chi connectivity index (χ1v) is 5.57. The summed E-state index contributed by atoms with van der Waals surface area (Å²) in [6.45, 7) is 4.07. The van der Waals surface area contributed by atoms with Gasteiger partial charge >= 0.3 is 0 Å². The Morgan fingerprint density at radius 2 is 2.44 bits per heavy atom. The molecule has 0 saturated carbocycles. The number of morpholine rings is 1. The third-order valence-electron chi connectivity index (χ3n) is 2.56. The molecule has 5 nitrogen and oxygen atoms in total. The Morgan fingerprint density at radius 1 is 1.62 bits per heavy atom. The van der Waals surface area contributed by atoms with Crippen LogP contribution in [0.1, 0.15) is 12.6 Å². The van der Waals surface area contributed by atoms with Crippen molar-refractivity contribution in [3.8, 4) is 0 Å². The van der Waals surface area contributed by atoms with E-state index in [1.165, 1.54) is 0 Å². The van der Waals surface area contributed by atoms with Crippen molar-refractivity contribution >= 4 is 17.4 Å². The van der Waals surface area contributed by atoms with Crippen molar-refractivity contribution in [2.45, 2.75) is 19.6 Å². The van der Waals surface area contributed by atoms with Gasteiger partial charge in [-0.05, 0) is 18.5 Å². The zero-order valence-electron chi connectivity index (χ0n) is 9.06. The van der Waals surface area contributed by atoms with E-state index >= 15 is 0 Å². The van der Waals surface area contributed by atoms with E-state index in [0.29, 0.717) is 18.9 Å². The van der Waals surface area contributed by atoms with E-state index in [-0.39, 0.29) is 17.9 Å². The third kappa shape index (κ3) is 2.42. The van der Waals surface area contributed by atoms with Gasteiger partial charge in [-0.1, -0.05) is 0 Å². The molecular formula is C10H14ClN3O2. The Kier molecular flexibility index (Phi) is 3.58. The van der Waals surface area contributed by atoms with Crippen LogP contribution in [0.5, 0.6) is 0 Å². The first kappa shape index (κ1) is 11.6. The molecule has 1 aromatic rings. The number of anilines is 1. The molecule has 0 radical (unpaired) electrons. The summed E-state index contributed by atoms with van der Waals surface area (Å²) in [6, 6.07) is 2.01. The first-order chi connectivity index (χ1) is 7.70. The Hall–Kier alpha value is -0.910. The van der Waals surface area contributed by atoms with Gasteiger partial charge in [0.1, 0.15) is 5.82 Å². The molecule has 1 N–H and O–H groups in total. The summed E-state index contributed by atoms with van der Waals surface area (Å²) in [5.41, 5.74) is 0.536. The Labute approximate surface area is 99.0 Å². The fraction of sp³-hybridized carbons (Fsp3) is 0.600. The van der Waals surface area contributed by atoms with Crippen molar-refractivity contribution < 1.29 is 9.84 Å². The molecule has 1 unspecified atom stereocenters. The normalized spacial score (nSPS) is 21.2. The summed E-state index contributed by atoms with van der Waals surface area (Å²) in [5, 5.41) is 9.23. The monoisotopic (exact) mass is 243 g/mol. The largest absolute Gasteiger partial charge is 0.390 e. The van der Waals surface area contributed by atoms with Crippen LogP contribution in [0.25, 0.3) is 0 Å². The number of aliphatic hydroxyl groups excluding tert-OH is 1. The van der Waals surface area contributed by atoms with Gasteiger partial charge in [0, 0.05) is 12.6 Å². The van der Waals surface area contributed by atoms with Gasteiger partial charge in [-0.25, -0.2) is 9.97 Å². The number of rotatable bonds is 2. The van der Waals surface area contributed by atoms with Crippen LogP contribution in [0.4, 0.5) is 5.82 Å². The summed E-state index contributed by atoms with van der Waals surface area (Å²) < 4.78 is 5.35. The molecule has 1 saturated heterocycles. The fourth-order valence-electron chi connectivity index (χ4n) is 1.75. The molecule has 6 heteroatoms. The highest BCUT2D eigenvalue weighted by Gasteiger charge is 2.21. The predicted octanol–water partition coefficient (Wildman–Crippen LogP) is 0.847. The van der Waals surface area contributed by atoms with Crippen molar-refractivity contribution in [3.63, 3.8) is 0 Å². The van der Waals surface area contributed by atoms with Gasteiger partial charge in [-0.3, -0.25) is 0 Å². The van der Waals surface area contributed by atoms with Gasteiger partial charge < -0.3 is 14.7 Å². The molecule has 1 aromatic heterocycles. The smallest absolute Gasteiger partial charge is 0.224 e. The number of ether oxygens (including phenoxy) is 1. The van der Waals surface area contributed by atoms with E-state index < -0.39 is 0 Å². The lowest BCUT2D eigenvalue weighted by molar-refractivity contribution is 0.0985. The first-order valence-electron chi connectivity index (χ1n) is 5.19. The van der Waals surface area contributed by atoms with Crippen molar-refractivity contribution in [2.24, 2.45) is 0 Å². The second-order valence-corrected chi connectivity index (χ2v) is 4.10. The van der Waals surface area contributed by atoms with Crippen molar-refractivity contribution in [1.29, 1.82) is 0 Å². The minimum atomic E-state index is -0.131. The molecule has 1 fully saturated rings. The van der Waals surface area contributed by atoms with Gasteiger partial charge in [0.2, 0.25) is 5.28 Å². The predicted molar refractivity (Wildman–Crippen MR) is 60.6 cm³/mol. The maximum Gasteiger partial charge on any atom is 0.224 e. The lowest BCUT2D eigenvalue weighted by atomic mass is 10.2. The van der Waals surface area contributed by atoms with E-state index in [0.717, 1.165) is 12.4 Å². The summed E-state index contributed by atoms with van der Waals surface area (Å²) in [4.78, 5) is 10.2. The summed E-state index contributed by atoms with van der Waals surface area (Å²) in [6.07, 6.45) is 0. The van der Waals surface area contributed by atoms with Crippen LogP contribution in [-0.2, 0) is 11.3 Å². The highest BCUT2D eigenvalue weighted by Crippen LogP contribution is 2.19. The molecule has 1 atom stereocenters. The Morgan fingerprint density at radius 3 is 3.12 bits per heavy atom. The van der Waals surface area contributed by atoms with Crippen LogP contribution in [-0.4, -0.2) is 40.9 Å². The molecule has 0 aliphatic carbocycles. The van der Waals surface area contributed by atoms with Crippen LogP contribution in [0, 0.1) is 0 Å². The summed E-state index contributed by atoms with van der Waals surface area (Å²) >= 11 is 5.80. The Balaban J connectivity index is 2.27. The van der Waals surface area contributed by atoms with Gasteiger partial charge in [0.15, 0.2) is 0 Å². The number of hydrogen-bond donors (Lipinski definition) is 1. The molecule has 0 aromatic carbocycles. The van der Waals surface area contributed by atoms with Crippen molar-refractivity contribution in [3.05, 3.63) is 17.0 Å². The molecule has 1 aliphatic heterocycles. The number of hydrogen-bond acceptors (Lipinski definition) is 5. The van der Waals surface area contributed by atoms with E-state index in [1.807, 2.05) is 0 Å². The maximum atomic E-state index is 9.06. The topological polar surface area (TPSA) is 58.5 Å². The van der Waals surface area contributed by atoms with Crippen molar-refractivity contribution in [2.75, 3.05) is 24.7 Å². The zero-order valence-corrected chi connectivity index (χ0v) is 9.81. The molecule has 2 heterocycles. The van der Waals surface area contributed by atoms with E-state index in [9.17, 15) is 0 Å². The van der Waals surface area contributed by atoms with Crippen LogP contribution < -0.4 is 4.90 Å². The lowest BCUT2D eigenvalue weighted by Gasteiger charge is -2.34. The van der Waals surface area contributed by atoms with Crippen molar-refractivity contribution in [1.82, 2.24) is 9.97 Å². The molecule has 1 aliphatic rings. The molecule has 0 spiro atoms. The van der Waals surface area contributed by atoms with Crippen LogP contribution in [0.3, 0.4) is 0 Å². The van der Waals surface area contributed by atoms with Crippen LogP contribution in [0.2, 0.25) is 5.28 Å². The molecule has 0 amide bonds. The molecule has 88 valence electrons. The second kappa shape index (κ2) is 4.95. The SMILES string of the molecule is CC1COCCN1c1cc(CO)nc(Cl)n1. The highest BCUT2D eigenvalue weighted by atomic mass is 35.5. The molecule has 0 bridgehead atoms. The number of halogens is 1. The van der Waals surface area contributed by atoms with Gasteiger partial charge in [-0.15, -0.1) is 0 Å². The average molecular weight is 244 g/mol. The standard InChI is InChI=1S/C10H14ClN3O2/c1-7-6-16-3-2-14(7)9-4-8(5-15)12-10(11)13-9/h4,7,15H,2-3,5-6H2,1H3. The quantitative estimate of drug-likeness (QED) is 0.781. The summed E-state index contributed by atoms with van der Waals surface area (Å²) in [5.74, 6) is 0.750. The highest BCUT2D eigenvalue weighted by molar-refractivity contribution is 6.28.